The third-order valence-electron chi connectivity index (χ3n) is 6.41. The van der Waals surface area contributed by atoms with E-state index in [1.807, 2.05) is 0 Å². The molecule has 0 bridgehead atoms. The fraction of sp³-hybridized carbons (Fsp3) is 0.259. The molecule has 0 aliphatic carbocycles. The van der Waals surface area contributed by atoms with Gasteiger partial charge in [0, 0.05) is 36.2 Å². The molecule has 0 amide bonds. The van der Waals surface area contributed by atoms with Crippen LogP contribution in [0.5, 0.6) is 5.75 Å². The molecule has 4 aromatic rings. The molecule has 0 spiro atoms. The van der Waals surface area contributed by atoms with Crippen LogP contribution in [0.15, 0.2) is 82.4 Å². The molecular weight excluding hydrogens is 521 g/mol. The molecule has 0 unspecified atom stereocenters. The molecule has 2 aromatic heterocycles. The van der Waals surface area contributed by atoms with Crippen LogP contribution in [0.2, 0.25) is 0 Å². The number of carbonyl (C=O) groups excluding carboxylic acids is 1. The van der Waals surface area contributed by atoms with Gasteiger partial charge in [-0.1, -0.05) is 18.2 Å². The Hall–Kier alpha value is -3.70. The number of Topliss-reactive ketones (excluding diaryl/α,β-unsaturated/α-hetero) is 1. The van der Waals surface area contributed by atoms with Crippen molar-refractivity contribution in [1.29, 1.82) is 0 Å². The summed E-state index contributed by atoms with van der Waals surface area (Å²) in [7, 11) is -3.98. The minimum atomic E-state index is -4.77. The number of pyridine rings is 1. The molecule has 7 nitrogen and oxygen atoms in total. The Kier molecular flexibility index (Phi) is 6.97. The Labute approximate surface area is 216 Å². The molecular formula is C27H23F3N2O5S. The zero-order valence-electron chi connectivity index (χ0n) is 20.0. The first-order valence-corrected chi connectivity index (χ1v) is 13.4. The zero-order chi connectivity index (χ0) is 26.9. The second-order valence-corrected chi connectivity index (χ2v) is 10.8. The summed E-state index contributed by atoms with van der Waals surface area (Å²) in [5.74, 6) is -0.518. The summed E-state index contributed by atoms with van der Waals surface area (Å²) >= 11 is 0. The number of nitrogens with zero attached hydrogens (tertiary/aromatic N) is 2. The van der Waals surface area contributed by atoms with Crippen LogP contribution in [-0.2, 0) is 21.2 Å². The Morgan fingerprint density at radius 3 is 2.58 bits per heavy atom. The van der Waals surface area contributed by atoms with E-state index in [9.17, 15) is 26.4 Å². The van der Waals surface area contributed by atoms with Crippen molar-refractivity contribution in [3.05, 3.63) is 78.5 Å². The molecule has 5 rings (SSSR count). The first-order chi connectivity index (χ1) is 18.1. The second kappa shape index (κ2) is 10.2. The number of carbonyl (C=O) groups is 1. The highest BCUT2D eigenvalue weighted by Gasteiger charge is 2.40. The van der Waals surface area contributed by atoms with Crippen LogP contribution in [0, 0.1) is 0 Å². The maximum Gasteiger partial charge on any atom is 0.573 e. The standard InChI is InChI=1S/C27H23F3N2O5S/c28-27(29,30)37-21-10-8-19(9-11-21)22-16-18(13-14-31-22)7-12-24(33)23-5-3-15-32(23)38(34,35)26-17-20-4-1-2-6-25(20)36-26/h1-2,4,6,8-11,13-14,16-17,23H,3,5,7,12,15H2/t23-/m0/s1. The second-order valence-electron chi connectivity index (χ2n) is 8.96. The molecule has 3 heterocycles. The number of para-hydroxylation sites is 1. The van der Waals surface area contributed by atoms with Gasteiger partial charge in [-0.05, 0) is 67.3 Å². The summed E-state index contributed by atoms with van der Waals surface area (Å²) in [6.45, 7) is 0.239. The molecule has 1 fully saturated rings. The molecule has 11 heteroatoms. The number of alkyl halides is 3. The Bertz CT molecular complexity index is 1530. The molecule has 1 aliphatic rings. The van der Waals surface area contributed by atoms with Crippen LogP contribution in [0.25, 0.3) is 22.2 Å². The van der Waals surface area contributed by atoms with E-state index in [0.29, 0.717) is 41.5 Å². The van der Waals surface area contributed by atoms with Crippen molar-refractivity contribution in [1.82, 2.24) is 9.29 Å². The van der Waals surface area contributed by atoms with Crippen LogP contribution in [0.1, 0.15) is 24.8 Å². The Balaban J connectivity index is 1.26. The summed E-state index contributed by atoms with van der Waals surface area (Å²) in [6, 6.07) is 16.6. The average Bonchev–Trinajstić information content (AvgIpc) is 3.55. The van der Waals surface area contributed by atoms with Gasteiger partial charge in [0.1, 0.15) is 11.3 Å². The van der Waals surface area contributed by atoms with E-state index in [2.05, 4.69) is 9.72 Å². The van der Waals surface area contributed by atoms with Crippen LogP contribution >= 0.6 is 0 Å². The molecule has 1 aliphatic heterocycles. The van der Waals surface area contributed by atoms with Crippen LogP contribution in [0.3, 0.4) is 0 Å². The SMILES string of the molecule is O=C(CCc1ccnc(-c2ccc(OC(F)(F)F)cc2)c1)[C@@H]1CCCN1S(=O)(=O)c1cc2ccccc2o1. The zero-order valence-corrected chi connectivity index (χ0v) is 20.8. The number of hydrogen-bond acceptors (Lipinski definition) is 6. The maximum absolute atomic E-state index is 13.3. The number of benzene rings is 2. The monoisotopic (exact) mass is 544 g/mol. The van der Waals surface area contributed by atoms with Crippen LogP contribution in [0.4, 0.5) is 13.2 Å². The normalized spacial score (nSPS) is 16.7. The number of ketones is 1. The van der Waals surface area contributed by atoms with Gasteiger partial charge in [0.15, 0.2) is 5.78 Å². The van der Waals surface area contributed by atoms with Gasteiger partial charge < -0.3 is 9.15 Å². The molecule has 0 N–H and O–H groups in total. The smallest absolute Gasteiger partial charge is 0.443 e. The van der Waals surface area contributed by atoms with Gasteiger partial charge in [-0.3, -0.25) is 9.78 Å². The van der Waals surface area contributed by atoms with Gasteiger partial charge in [0.05, 0.1) is 11.7 Å². The summed E-state index contributed by atoms with van der Waals surface area (Å²) in [6.07, 6.45) is -1.72. The van der Waals surface area contributed by atoms with E-state index < -0.39 is 22.4 Å². The quantitative estimate of drug-likeness (QED) is 0.281. The third kappa shape index (κ3) is 5.58. The molecule has 38 heavy (non-hydrogen) atoms. The lowest BCUT2D eigenvalue weighted by Gasteiger charge is -2.21. The number of rotatable bonds is 8. The minimum Gasteiger partial charge on any atom is -0.443 e. The largest absolute Gasteiger partial charge is 0.573 e. The lowest BCUT2D eigenvalue weighted by molar-refractivity contribution is -0.274. The number of ether oxygens (including phenoxy) is 1. The van der Waals surface area contributed by atoms with Crippen molar-refractivity contribution in [2.24, 2.45) is 0 Å². The van der Waals surface area contributed by atoms with Gasteiger partial charge in [-0.15, -0.1) is 13.2 Å². The average molecular weight is 545 g/mol. The number of fused-ring (bicyclic) bond motifs is 1. The van der Waals surface area contributed by atoms with Crippen molar-refractivity contribution in [3.8, 4) is 17.0 Å². The van der Waals surface area contributed by atoms with Gasteiger partial charge in [0.25, 0.3) is 10.0 Å². The van der Waals surface area contributed by atoms with E-state index in [1.54, 1.807) is 42.6 Å². The number of furan rings is 1. The van der Waals surface area contributed by atoms with Gasteiger partial charge in [0.2, 0.25) is 5.09 Å². The lowest BCUT2D eigenvalue weighted by Crippen LogP contribution is -2.40. The summed E-state index contributed by atoms with van der Waals surface area (Å²) in [5.41, 5.74) is 2.38. The highest BCUT2D eigenvalue weighted by molar-refractivity contribution is 7.89. The number of aryl methyl sites for hydroxylation is 1. The topological polar surface area (TPSA) is 89.7 Å². The van der Waals surface area contributed by atoms with Crippen molar-refractivity contribution < 1.29 is 35.5 Å². The third-order valence-corrected chi connectivity index (χ3v) is 8.17. The maximum atomic E-state index is 13.3. The number of sulfonamides is 1. The molecule has 1 saturated heterocycles. The van der Waals surface area contributed by atoms with E-state index in [1.165, 1.54) is 34.6 Å². The van der Waals surface area contributed by atoms with Crippen molar-refractivity contribution >= 4 is 26.8 Å². The van der Waals surface area contributed by atoms with E-state index in [0.717, 1.165) is 5.56 Å². The molecule has 1 atom stereocenters. The summed E-state index contributed by atoms with van der Waals surface area (Å²) in [4.78, 5) is 17.4. The molecule has 0 radical (unpaired) electrons. The lowest BCUT2D eigenvalue weighted by atomic mass is 10.0. The van der Waals surface area contributed by atoms with Crippen molar-refractivity contribution in [2.45, 2.75) is 43.2 Å². The van der Waals surface area contributed by atoms with Gasteiger partial charge >= 0.3 is 6.36 Å². The van der Waals surface area contributed by atoms with Gasteiger partial charge in [-0.2, -0.15) is 4.31 Å². The Morgan fingerprint density at radius 1 is 1.08 bits per heavy atom. The van der Waals surface area contributed by atoms with Crippen molar-refractivity contribution in [2.75, 3.05) is 6.54 Å². The van der Waals surface area contributed by atoms with E-state index in [4.69, 9.17) is 4.42 Å². The highest BCUT2D eigenvalue weighted by Crippen LogP contribution is 2.31. The van der Waals surface area contributed by atoms with Crippen molar-refractivity contribution in [3.63, 3.8) is 0 Å². The summed E-state index contributed by atoms with van der Waals surface area (Å²) < 4.78 is 74.5. The van der Waals surface area contributed by atoms with E-state index in [-0.39, 0.29) is 29.6 Å². The first kappa shape index (κ1) is 25.9. The number of halogens is 3. The predicted molar refractivity (Wildman–Crippen MR) is 133 cm³/mol. The minimum absolute atomic E-state index is 0.124. The fourth-order valence-electron chi connectivity index (χ4n) is 4.60. The van der Waals surface area contributed by atoms with Crippen LogP contribution in [-0.4, -0.2) is 42.4 Å². The molecule has 0 saturated carbocycles. The first-order valence-electron chi connectivity index (χ1n) is 11.9. The molecule has 2 aromatic carbocycles. The fourth-order valence-corrected chi connectivity index (χ4v) is 6.23. The predicted octanol–water partition coefficient (Wildman–Crippen LogP) is 5.75. The highest BCUT2D eigenvalue weighted by atomic mass is 32.2. The Morgan fingerprint density at radius 2 is 1.84 bits per heavy atom. The van der Waals surface area contributed by atoms with Gasteiger partial charge in [-0.25, -0.2) is 8.42 Å². The molecule has 198 valence electrons. The van der Waals surface area contributed by atoms with E-state index >= 15 is 0 Å². The summed E-state index contributed by atoms with van der Waals surface area (Å²) in [5, 5.41) is 0.494. The number of hydrogen-bond donors (Lipinski definition) is 0. The van der Waals surface area contributed by atoms with Crippen LogP contribution < -0.4 is 4.74 Å². The number of aromatic nitrogens is 1.